The summed E-state index contributed by atoms with van der Waals surface area (Å²) < 4.78 is 16.5. The largest absolute Gasteiger partial charge is 0.462 e. The molecule has 298 valence electrons. The summed E-state index contributed by atoms with van der Waals surface area (Å²) in [5.74, 6) is -1.01. The van der Waals surface area contributed by atoms with Gasteiger partial charge in [-0.1, -0.05) is 176 Å². The summed E-state index contributed by atoms with van der Waals surface area (Å²) in [4.78, 5) is 37.5. The Balaban J connectivity index is 4.49. The normalized spacial score (nSPS) is 13.0. The van der Waals surface area contributed by atoms with Gasteiger partial charge in [0.15, 0.2) is 6.10 Å². The minimum atomic E-state index is -0.808. The van der Waals surface area contributed by atoms with Crippen molar-refractivity contribution in [1.29, 1.82) is 0 Å². The molecular formula is C47H74O6. The van der Waals surface area contributed by atoms with E-state index in [0.717, 1.165) is 77.0 Å². The lowest BCUT2D eigenvalue weighted by Gasteiger charge is -2.18. The van der Waals surface area contributed by atoms with Gasteiger partial charge < -0.3 is 14.2 Å². The molecule has 0 saturated heterocycles. The number of carbonyl (C=O) groups excluding carboxylic acids is 3. The lowest BCUT2D eigenvalue weighted by Crippen LogP contribution is -2.30. The van der Waals surface area contributed by atoms with Crippen LogP contribution in [0.3, 0.4) is 0 Å². The summed E-state index contributed by atoms with van der Waals surface area (Å²) in [7, 11) is 0. The van der Waals surface area contributed by atoms with E-state index in [2.05, 4.69) is 57.2 Å². The van der Waals surface area contributed by atoms with Gasteiger partial charge in [0.2, 0.25) is 0 Å². The number of carbonyl (C=O) groups is 3. The fraction of sp³-hybridized carbons (Fsp3) is 0.596. The molecule has 1 atom stereocenters. The zero-order valence-corrected chi connectivity index (χ0v) is 33.7. The second-order valence-corrected chi connectivity index (χ2v) is 13.3. The smallest absolute Gasteiger partial charge is 0.306 e. The molecule has 0 spiro atoms. The van der Waals surface area contributed by atoms with E-state index in [9.17, 15) is 14.4 Å². The van der Waals surface area contributed by atoms with Crippen LogP contribution in [0.1, 0.15) is 162 Å². The third kappa shape index (κ3) is 39.4. The van der Waals surface area contributed by atoms with E-state index < -0.39 is 6.10 Å². The molecule has 0 radical (unpaired) electrons. The van der Waals surface area contributed by atoms with E-state index in [1.165, 1.54) is 38.5 Å². The molecule has 0 aliphatic heterocycles. The van der Waals surface area contributed by atoms with Crippen molar-refractivity contribution in [3.8, 4) is 0 Å². The fourth-order valence-electron chi connectivity index (χ4n) is 5.16. The standard InChI is InChI=1S/C47H74O6/c1-4-7-10-13-16-19-20-21-22-23-24-25-26-29-31-34-37-40-46(49)52-43-44(53-47(50)41-38-35-32-28-18-15-12-9-6-3)42-51-45(48)39-36-33-30-27-17-14-11-8-5-2/h7,9-10,12-13,16,18-26,28,44H,4-6,8,11,14-15,17,27,29-43H2,1-3H3/b10-7-,12-9-,16-13-,20-19-,22-21-,24-23+,26-25-,28-18-. The van der Waals surface area contributed by atoms with Crippen LogP contribution in [0.15, 0.2) is 97.2 Å². The first-order valence-electron chi connectivity index (χ1n) is 20.8. The summed E-state index contributed by atoms with van der Waals surface area (Å²) in [6.45, 7) is 6.23. The first kappa shape index (κ1) is 49.3. The van der Waals surface area contributed by atoms with E-state index in [1.807, 2.05) is 60.8 Å². The van der Waals surface area contributed by atoms with Crippen LogP contribution in [0.25, 0.3) is 0 Å². The highest BCUT2D eigenvalue weighted by Gasteiger charge is 2.19. The highest BCUT2D eigenvalue weighted by atomic mass is 16.6. The number of esters is 3. The Morgan fingerprint density at radius 1 is 0.415 bits per heavy atom. The van der Waals surface area contributed by atoms with Crippen molar-refractivity contribution < 1.29 is 28.6 Å². The Kier molecular flexibility index (Phi) is 38.2. The van der Waals surface area contributed by atoms with Gasteiger partial charge in [0.05, 0.1) is 0 Å². The molecule has 0 aromatic carbocycles. The van der Waals surface area contributed by atoms with Crippen molar-refractivity contribution in [2.24, 2.45) is 0 Å². The molecule has 0 aromatic rings. The van der Waals surface area contributed by atoms with Crippen molar-refractivity contribution in [1.82, 2.24) is 0 Å². The molecule has 6 heteroatoms. The monoisotopic (exact) mass is 735 g/mol. The molecule has 0 aromatic heterocycles. The minimum Gasteiger partial charge on any atom is -0.462 e. The molecule has 6 nitrogen and oxygen atoms in total. The van der Waals surface area contributed by atoms with E-state index in [0.29, 0.717) is 19.3 Å². The van der Waals surface area contributed by atoms with E-state index >= 15 is 0 Å². The van der Waals surface area contributed by atoms with Gasteiger partial charge in [-0.2, -0.15) is 0 Å². The number of unbranched alkanes of at least 4 members (excludes halogenated alkanes) is 13. The third-order valence-corrected chi connectivity index (χ3v) is 8.25. The molecule has 0 bridgehead atoms. The van der Waals surface area contributed by atoms with E-state index in [1.54, 1.807) is 0 Å². The van der Waals surface area contributed by atoms with Gasteiger partial charge >= 0.3 is 17.9 Å². The Bertz CT molecular complexity index is 1120. The SMILES string of the molecule is CC\C=C/C=C\C=C/C=C\C=C\C=C/CCCCCC(=O)OCC(COC(=O)CCCCCCCCCCC)OC(=O)CCCC/C=C\C/C=C\CC. The second kappa shape index (κ2) is 41.1. The zero-order chi connectivity index (χ0) is 38.7. The first-order chi connectivity index (χ1) is 26.0. The van der Waals surface area contributed by atoms with Crippen LogP contribution in [-0.2, 0) is 28.6 Å². The van der Waals surface area contributed by atoms with Crippen molar-refractivity contribution in [2.75, 3.05) is 13.2 Å². The maximum absolute atomic E-state index is 12.6. The van der Waals surface area contributed by atoms with Crippen LogP contribution < -0.4 is 0 Å². The van der Waals surface area contributed by atoms with Gasteiger partial charge in [0.1, 0.15) is 13.2 Å². The molecule has 0 rings (SSSR count). The predicted molar refractivity (Wildman–Crippen MR) is 224 cm³/mol. The molecule has 0 aliphatic carbocycles. The van der Waals surface area contributed by atoms with Crippen molar-refractivity contribution >= 4 is 17.9 Å². The Morgan fingerprint density at radius 3 is 1.40 bits per heavy atom. The molecule has 0 heterocycles. The number of hydrogen-bond donors (Lipinski definition) is 0. The summed E-state index contributed by atoms with van der Waals surface area (Å²) in [6, 6.07) is 0. The molecular weight excluding hydrogens is 661 g/mol. The van der Waals surface area contributed by atoms with E-state index in [4.69, 9.17) is 14.2 Å². The van der Waals surface area contributed by atoms with Gasteiger partial charge in [-0.15, -0.1) is 0 Å². The summed E-state index contributed by atoms with van der Waals surface area (Å²) in [6.07, 6.45) is 52.6. The molecule has 1 unspecified atom stereocenters. The Morgan fingerprint density at radius 2 is 0.830 bits per heavy atom. The van der Waals surface area contributed by atoms with E-state index in [-0.39, 0.29) is 37.5 Å². The van der Waals surface area contributed by atoms with Crippen LogP contribution in [0.5, 0.6) is 0 Å². The maximum atomic E-state index is 12.6. The van der Waals surface area contributed by atoms with Crippen LogP contribution in [0.2, 0.25) is 0 Å². The zero-order valence-electron chi connectivity index (χ0n) is 33.7. The van der Waals surface area contributed by atoms with Gasteiger partial charge in [0, 0.05) is 19.3 Å². The first-order valence-corrected chi connectivity index (χ1v) is 20.8. The Labute approximate surface area is 324 Å². The predicted octanol–water partition coefficient (Wildman–Crippen LogP) is 13.1. The molecule has 0 aliphatic rings. The minimum absolute atomic E-state index is 0.106. The average molecular weight is 735 g/mol. The number of ether oxygens (including phenoxy) is 3. The van der Waals surface area contributed by atoms with Gasteiger partial charge in [-0.3, -0.25) is 14.4 Å². The van der Waals surface area contributed by atoms with Gasteiger partial charge in [0.25, 0.3) is 0 Å². The molecule has 0 saturated carbocycles. The Hall–Kier alpha value is -3.67. The number of allylic oxidation sites excluding steroid dienone is 16. The fourth-order valence-corrected chi connectivity index (χ4v) is 5.16. The summed E-state index contributed by atoms with van der Waals surface area (Å²) in [5.41, 5.74) is 0. The molecule has 0 N–H and O–H groups in total. The van der Waals surface area contributed by atoms with Crippen LogP contribution in [0, 0.1) is 0 Å². The maximum Gasteiger partial charge on any atom is 0.306 e. The lowest BCUT2D eigenvalue weighted by molar-refractivity contribution is -0.167. The highest BCUT2D eigenvalue weighted by Crippen LogP contribution is 2.12. The van der Waals surface area contributed by atoms with Crippen LogP contribution >= 0.6 is 0 Å². The van der Waals surface area contributed by atoms with Crippen molar-refractivity contribution in [3.63, 3.8) is 0 Å². The third-order valence-electron chi connectivity index (χ3n) is 8.25. The van der Waals surface area contributed by atoms with Gasteiger partial charge in [-0.25, -0.2) is 0 Å². The topological polar surface area (TPSA) is 78.9 Å². The molecule has 53 heavy (non-hydrogen) atoms. The quantitative estimate of drug-likeness (QED) is 0.0212. The summed E-state index contributed by atoms with van der Waals surface area (Å²) in [5, 5.41) is 0. The lowest BCUT2D eigenvalue weighted by atomic mass is 10.1. The van der Waals surface area contributed by atoms with Crippen LogP contribution in [0.4, 0.5) is 0 Å². The number of rotatable bonds is 35. The number of hydrogen-bond acceptors (Lipinski definition) is 6. The van der Waals surface area contributed by atoms with Crippen molar-refractivity contribution in [2.45, 2.75) is 168 Å². The molecule has 0 fully saturated rings. The van der Waals surface area contributed by atoms with Crippen LogP contribution in [-0.4, -0.2) is 37.2 Å². The van der Waals surface area contributed by atoms with Gasteiger partial charge in [-0.05, 0) is 64.2 Å². The average Bonchev–Trinajstić information content (AvgIpc) is 3.15. The van der Waals surface area contributed by atoms with Crippen molar-refractivity contribution in [3.05, 3.63) is 97.2 Å². The highest BCUT2D eigenvalue weighted by molar-refractivity contribution is 5.71. The molecule has 0 amide bonds. The second-order valence-electron chi connectivity index (χ2n) is 13.3. The summed E-state index contributed by atoms with van der Waals surface area (Å²) >= 11 is 0.